The van der Waals surface area contributed by atoms with Crippen LogP contribution in [0.25, 0.3) is 0 Å². The molecule has 28 heavy (non-hydrogen) atoms. The zero-order valence-corrected chi connectivity index (χ0v) is 16.6. The first-order valence-corrected chi connectivity index (χ1v) is 9.91. The summed E-state index contributed by atoms with van der Waals surface area (Å²) in [5.41, 5.74) is 11.0. The molecule has 2 aliphatic heterocycles. The maximum Gasteiger partial charge on any atom is 0.334 e. The van der Waals surface area contributed by atoms with Gasteiger partial charge in [-0.05, 0) is 32.1 Å². The highest BCUT2D eigenvalue weighted by Gasteiger charge is 2.51. The number of imide groups is 2. The van der Waals surface area contributed by atoms with Crippen molar-refractivity contribution in [2.24, 2.45) is 16.9 Å². The van der Waals surface area contributed by atoms with Crippen LogP contribution in [0.15, 0.2) is 11.4 Å². The van der Waals surface area contributed by atoms with Crippen molar-refractivity contribution in [3.05, 3.63) is 11.4 Å². The second kappa shape index (κ2) is 7.44. The summed E-state index contributed by atoms with van der Waals surface area (Å²) in [6, 6.07) is -0.864. The molecule has 9 nitrogen and oxygen atoms in total. The van der Waals surface area contributed by atoms with E-state index in [1.165, 1.54) is 4.90 Å². The van der Waals surface area contributed by atoms with E-state index >= 15 is 0 Å². The lowest BCUT2D eigenvalue weighted by Crippen LogP contribution is -2.63. The summed E-state index contributed by atoms with van der Waals surface area (Å²) in [6.45, 7) is 5.23. The molecule has 1 saturated carbocycles. The van der Waals surface area contributed by atoms with E-state index in [0.717, 1.165) is 37.3 Å². The van der Waals surface area contributed by atoms with Crippen LogP contribution in [-0.4, -0.2) is 64.1 Å². The van der Waals surface area contributed by atoms with Gasteiger partial charge in [-0.15, -0.1) is 0 Å². The summed E-state index contributed by atoms with van der Waals surface area (Å²) in [5.74, 6) is -1.67. The number of urea groups is 1. The molecule has 5 amide bonds. The molecule has 0 aromatic rings. The van der Waals surface area contributed by atoms with Crippen molar-refractivity contribution in [3.8, 4) is 0 Å². The molecule has 0 aromatic heterocycles. The third-order valence-corrected chi connectivity index (χ3v) is 6.23. The number of carbonyl (C=O) groups excluding carboxylic acids is 4. The van der Waals surface area contributed by atoms with Crippen molar-refractivity contribution in [3.63, 3.8) is 0 Å². The SMILES string of the molecule is CCCCN1C(=O)C(=C(N)N)C(=O)N(C2CCC3(CC2)CN(C(C)=O)C3)C1=O. The minimum absolute atomic E-state index is 0.0763. The van der Waals surface area contributed by atoms with Crippen molar-refractivity contribution in [1.29, 1.82) is 0 Å². The highest BCUT2D eigenvalue weighted by molar-refractivity contribution is 6.29. The van der Waals surface area contributed by atoms with Crippen LogP contribution in [0.3, 0.4) is 0 Å². The van der Waals surface area contributed by atoms with Gasteiger partial charge in [-0.3, -0.25) is 24.2 Å². The molecule has 1 aliphatic carbocycles. The Bertz CT molecular complexity index is 727. The number of carbonyl (C=O) groups is 4. The fourth-order valence-corrected chi connectivity index (χ4v) is 4.51. The summed E-state index contributed by atoms with van der Waals surface area (Å²) < 4.78 is 0. The molecule has 0 unspecified atom stereocenters. The van der Waals surface area contributed by atoms with Gasteiger partial charge in [0.25, 0.3) is 11.8 Å². The van der Waals surface area contributed by atoms with E-state index in [1.54, 1.807) is 6.92 Å². The normalized spacial score (nSPS) is 22.7. The molecule has 2 heterocycles. The van der Waals surface area contributed by atoms with E-state index in [2.05, 4.69) is 0 Å². The Labute approximate surface area is 164 Å². The zero-order valence-electron chi connectivity index (χ0n) is 16.6. The molecular formula is C19H29N5O4. The van der Waals surface area contributed by atoms with Crippen molar-refractivity contribution < 1.29 is 19.2 Å². The van der Waals surface area contributed by atoms with Crippen LogP contribution in [0.2, 0.25) is 0 Å². The van der Waals surface area contributed by atoms with Crippen molar-refractivity contribution in [2.75, 3.05) is 19.6 Å². The molecule has 0 aromatic carbocycles. The quantitative estimate of drug-likeness (QED) is 0.530. The molecule has 9 heteroatoms. The van der Waals surface area contributed by atoms with Crippen LogP contribution < -0.4 is 11.5 Å². The molecule has 0 bridgehead atoms. The number of unbranched alkanes of at least 4 members (excludes halogenated alkanes) is 1. The lowest BCUT2D eigenvalue weighted by Gasteiger charge is -2.54. The molecule has 3 aliphatic rings. The maximum atomic E-state index is 13.0. The number of hydrogen-bond acceptors (Lipinski definition) is 6. The predicted molar refractivity (Wildman–Crippen MR) is 101 cm³/mol. The molecule has 3 fully saturated rings. The molecule has 2 saturated heterocycles. The summed E-state index contributed by atoms with van der Waals surface area (Å²) in [6.07, 6.45) is 4.41. The van der Waals surface area contributed by atoms with Gasteiger partial charge in [0, 0.05) is 38.0 Å². The van der Waals surface area contributed by atoms with Crippen molar-refractivity contribution in [2.45, 2.75) is 58.4 Å². The third-order valence-electron chi connectivity index (χ3n) is 6.23. The first kappa shape index (κ1) is 20.2. The van der Waals surface area contributed by atoms with E-state index in [-0.39, 0.29) is 35.3 Å². The van der Waals surface area contributed by atoms with Gasteiger partial charge in [0.1, 0.15) is 11.4 Å². The molecule has 3 rings (SSSR count). The Kier molecular flexibility index (Phi) is 5.36. The smallest absolute Gasteiger partial charge is 0.334 e. The summed E-state index contributed by atoms with van der Waals surface area (Å²) in [5, 5.41) is 0. The Morgan fingerprint density at radius 3 is 2.21 bits per heavy atom. The van der Waals surface area contributed by atoms with E-state index in [4.69, 9.17) is 11.5 Å². The van der Waals surface area contributed by atoms with E-state index in [9.17, 15) is 19.2 Å². The average molecular weight is 391 g/mol. The lowest BCUT2D eigenvalue weighted by atomic mass is 9.67. The number of rotatable bonds is 4. The number of barbiturate groups is 1. The van der Waals surface area contributed by atoms with Gasteiger partial charge in [0.15, 0.2) is 0 Å². The Morgan fingerprint density at radius 2 is 1.71 bits per heavy atom. The van der Waals surface area contributed by atoms with Crippen LogP contribution in [0.1, 0.15) is 52.4 Å². The van der Waals surface area contributed by atoms with Gasteiger partial charge in [-0.25, -0.2) is 4.79 Å². The lowest BCUT2D eigenvalue weighted by molar-refractivity contribution is -0.144. The molecular weight excluding hydrogens is 362 g/mol. The van der Waals surface area contributed by atoms with Gasteiger partial charge < -0.3 is 16.4 Å². The summed E-state index contributed by atoms with van der Waals surface area (Å²) >= 11 is 0. The standard InChI is InChI=1S/C19H29N5O4/c1-3-4-9-23-16(26)14(15(20)21)17(27)24(18(23)28)13-5-7-19(8-6-13)10-22(11-19)12(2)25/h13H,3-11,20-21H2,1-2H3. The molecule has 154 valence electrons. The highest BCUT2D eigenvalue weighted by Crippen LogP contribution is 2.45. The van der Waals surface area contributed by atoms with Crippen LogP contribution in [-0.2, 0) is 14.4 Å². The minimum Gasteiger partial charge on any atom is -0.385 e. The molecule has 1 spiro atoms. The van der Waals surface area contributed by atoms with Gasteiger partial charge in [0.2, 0.25) is 5.91 Å². The number of hydrogen-bond donors (Lipinski definition) is 2. The van der Waals surface area contributed by atoms with Gasteiger partial charge in [0.05, 0.1) is 0 Å². The largest absolute Gasteiger partial charge is 0.385 e. The van der Waals surface area contributed by atoms with E-state index in [0.29, 0.717) is 19.3 Å². The number of amides is 5. The summed E-state index contributed by atoms with van der Waals surface area (Å²) in [7, 11) is 0. The maximum absolute atomic E-state index is 13.0. The van der Waals surface area contributed by atoms with Crippen molar-refractivity contribution in [1.82, 2.24) is 14.7 Å². The summed E-state index contributed by atoms with van der Waals surface area (Å²) in [4.78, 5) is 54.0. The van der Waals surface area contributed by atoms with Gasteiger partial charge in [-0.1, -0.05) is 13.3 Å². The Balaban J connectivity index is 1.76. The molecule has 0 radical (unpaired) electrons. The van der Waals surface area contributed by atoms with Crippen LogP contribution in [0, 0.1) is 5.41 Å². The first-order chi connectivity index (χ1) is 13.2. The van der Waals surface area contributed by atoms with Gasteiger partial charge in [-0.2, -0.15) is 0 Å². The minimum atomic E-state index is -0.705. The zero-order chi connectivity index (χ0) is 20.6. The van der Waals surface area contributed by atoms with Crippen molar-refractivity contribution >= 4 is 23.8 Å². The van der Waals surface area contributed by atoms with Gasteiger partial charge >= 0.3 is 6.03 Å². The Morgan fingerprint density at radius 1 is 1.11 bits per heavy atom. The molecule has 0 atom stereocenters. The third kappa shape index (κ3) is 3.33. The van der Waals surface area contributed by atoms with Crippen LogP contribution in [0.5, 0.6) is 0 Å². The number of likely N-dealkylation sites (tertiary alicyclic amines) is 1. The predicted octanol–water partition coefficient (Wildman–Crippen LogP) is 0.497. The first-order valence-electron chi connectivity index (χ1n) is 9.91. The molecule has 4 N–H and O–H groups in total. The number of nitrogens with two attached hydrogens (primary N) is 2. The van der Waals surface area contributed by atoms with Crippen LogP contribution in [0.4, 0.5) is 4.79 Å². The number of nitrogens with zero attached hydrogens (tertiary/aromatic N) is 3. The van der Waals surface area contributed by atoms with Crippen LogP contribution >= 0.6 is 0 Å². The topological polar surface area (TPSA) is 130 Å². The van der Waals surface area contributed by atoms with E-state index < -0.39 is 17.8 Å². The fraction of sp³-hybridized carbons (Fsp3) is 0.684. The average Bonchev–Trinajstić information content (AvgIpc) is 2.59. The second-order valence-corrected chi connectivity index (χ2v) is 8.20. The van der Waals surface area contributed by atoms with E-state index in [1.807, 2.05) is 11.8 Å². The monoisotopic (exact) mass is 391 g/mol. The Hall–Kier alpha value is -2.58. The highest BCUT2D eigenvalue weighted by atomic mass is 16.2. The fourth-order valence-electron chi connectivity index (χ4n) is 4.51. The second-order valence-electron chi connectivity index (χ2n) is 8.20.